The minimum absolute atomic E-state index is 0.641. The van der Waals surface area contributed by atoms with E-state index in [-0.39, 0.29) is 0 Å². The number of hydrogen-bond acceptors (Lipinski definition) is 4. The van der Waals surface area contributed by atoms with Gasteiger partial charge in [0, 0.05) is 5.56 Å². The highest BCUT2D eigenvalue weighted by atomic mass is 16.5. The van der Waals surface area contributed by atoms with Gasteiger partial charge in [0.25, 0.3) is 0 Å². The Balaban J connectivity index is 2.45. The second-order valence-electron chi connectivity index (χ2n) is 3.22. The molecule has 5 heteroatoms. The summed E-state index contributed by atoms with van der Waals surface area (Å²) in [6.45, 7) is 0. The Hall–Kier alpha value is -2.35. The van der Waals surface area contributed by atoms with Crippen molar-refractivity contribution in [2.75, 3.05) is 7.11 Å². The quantitative estimate of drug-likeness (QED) is 0.661. The first-order chi connectivity index (χ1) is 7.77. The number of carbonyl (C=O) groups is 1. The summed E-state index contributed by atoms with van der Waals surface area (Å²) >= 11 is 0. The predicted octanol–water partition coefficient (Wildman–Crippen LogP) is 1.67. The lowest BCUT2D eigenvalue weighted by atomic mass is 10.0. The summed E-state index contributed by atoms with van der Waals surface area (Å²) in [5.41, 5.74) is 1.60. The van der Waals surface area contributed by atoms with E-state index in [1.165, 1.54) is 7.11 Å². The van der Waals surface area contributed by atoms with Crippen LogP contribution in [-0.4, -0.2) is 24.4 Å². The van der Waals surface area contributed by atoms with Crippen molar-refractivity contribution in [1.29, 1.82) is 5.26 Å². The van der Waals surface area contributed by atoms with Crippen molar-refractivity contribution in [2.45, 2.75) is 6.04 Å². The zero-order chi connectivity index (χ0) is 11.5. The monoisotopic (exact) mass is 215 g/mol. The molecule has 0 spiro atoms. The molecule has 16 heavy (non-hydrogen) atoms. The SMILES string of the molecule is COC(=O)N1N=Cc2ccccc2[C@H]1C#N. The van der Waals surface area contributed by atoms with E-state index >= 15 is 0 Å². The number of nitrogens with zero attached hydrogens (tertiary/aromatic N) is 3. The van der Waals surface area contributed by atoms with Gasteiger partial charge in [-0.25, -0.2) is 4.79 Å². The molecule has 1 amide bonds. The van der Waals surface area contributed by atoms with Gasteiger partial charge < -0.3 is 4.74 Å². The number of fused-ring (bicyclic) bond motifs is 1. The Morgan fingerprint density at radius 2 is 2.31 bits per heavy atom. The van der Waals surface area contributed by atoms with E-state index in [0.717, 1.165) is 16.1 Å². The number of benzene rings is 1. The molecule has 0 saturated heterocycles. The molecule has 0 radical (unpaired) electrons. The van der Waals surface area contributed by atoms with Crippen LogP contribution in [0.3, 0.4) is 0 Å². The van der Waals surface area contributed by atoms with Gasteiger partial charge >= 0.3 is 6.09 Å². The number of methoxy groups -OCH3 is 1. The summed E-state index contributed by atoms with van der Waals surface area (Å²) in [6, 6.07) is 8.62. The second-order valence-corrected chi connectivity index (χ2v) is 3.22. The fourth-order valence-corrected chi connectivity index (χ4v) is 1.57. The van der Waals surface area contributed by atoms with Crippen molar-refractivity contribution in [1.82, 2.24) is 5.01 Å². The minimum atomic E-state index is -0.728. The third-order valence-electron chi connectivity index (χ3n) is 2.34. The van der Waals surface area contributed by atoms with Gasteiger partial charge in [-0.05, 0) is 5.56 Å². The maximum Gasteiger partial charge on any atom is 0.431 e. The summed E-state index contributed by atoms with van der Waals surface area (Å²) in [4.78, 5) is 11.4. The number of hydrazone groups is 1. The lowest BCUT2D eigenvalue weighted by Crippen LogP contribution is -2.32. The van der Waals surface area contributed by atoms with Crippen molar-refractivity contribution in [3.05, 3.63) is 35.4 Å². The molecule has 0 aliphatic carbocycles. The van der Waals surface area contributed by atoms with Crippen molar-refractivity contribution >= 4 is 12.3 Å². The largest absolute Gasteiger partial charge is 0.451 e. The molecule has 1 aliphatic heterocycles. The van der Waals surface area contributed by atoms with Crippen molar-refractivity contribution < 1.29 is 9.53 Å². The maximum absolute atomic E-state index is 11.4. The van der Waals surface area contributed by atoms with Gasteiger partial charge in [0.05, 0.1) is 19.4 Å². The molecule has 0 saturated carbocycles. The molecule has 80 valence electrons. The highest BCUT2D eigenvalue weighted by Gasteiger charge is 2.29. The molecular weight excluding hydrogens is 206 g/mol. The molecule has 1 atom stereocenters. The van der Waals surface area contributed by atoms with Crippen LogP contribution in [0.15, 0.2) is 29.4 Å². The number of rotatable bonds is 0. The normalized spacial score (nSPS) is 17.5. The number of nitriles is 1. The van der Waals surface area contributed by atoms with Crippen LogP contribution < -0.4 is 0 Å². The molecule has 5 nitrogen and oxygen atoms in total. The highest BCUT2D eigenvalue weighted by Crippen LogP contribution is 2.27. The lowest BCUT2D eigenvalue weighted by molar-refractivity contribution is 0.115. The molecule has 0 N–H and O–H groups in total. The lowest BCUT2D eigenvalue weighted by Gasteiger charge is -2.25. The Kier molecular flexibility index (Phi) is 2.56. The van der Waals surface area contributed by atoms with Crippen LogP contribution in [0, 0.1) is 11.3 Å². The Bertz CT molecular complexity index is 490. The van der Waals surface area contributed by atoms with Crippen molar-refractivity contribution in [2.24, 2.45) is 5.10 Å². The first kappa shape index (κ1) is 10.2. The maximum atomic E-state index is 11.4. The number of amides is 1. The molecular formula is C11H9N3O2. The van der Waals surface area contributed by atoms with Gasteiger partial charge in [-0.2, -0.15) is 15.4 Å². The average molecular weight is 215 g/mol. The van der Waals surface area contributed by atoms with Gasteiger partial charge in [0.1, 0.15) is 0 Å². The third kappa shape index (κ3) is 1.50. The van der Waals surface area contributed by atoms with E-state index in [1.54, 1.807) is 12.3 Å². The van der Waals surface area contributed by atoms with Crippen LogP contribution in [0.2, 0.25) is 0 Å². The molecule has 0 bridgehead atoms. The topological polar surface area (TPSA) is 65.7 Å². The summed E-state index contributed by atoms with van der Waals surface area (Å²) in [7, 11) is 1.26. The molecule has 0 fully saturated rings. The van der Waals surface area contributed by atoms with Gasteiger partial charge in [0.15, 0.2) is 6.04 Å². The molecule has 1 aliphatic rings. The molecule has 2 rings (SSSR count). The van der Waals surface area contributed by atoms with Crippen LogP contribution in [0.25, 0.3) is 0 Å². The van der Waals surface area contributed by atoms with E-state index < -0.39 is 12.1 Å². The first-order valence-electron chi connectivity index (χ1n) is 4.67. The van der Waals surface area contributed by atoms with Gasteiger partial charge in [-0.3, -0.25) is 0 Å². The summed E-state index contributed by atoms with van der Waals surface area (Å²) in [5.74, 6) is 0. The van der Waals surface area contributed by atoms with E-state index in [0.29, 0.717) is 0 Å². The van der Waals surface area contributed by atoms with E-state index in [4.69, 9.17) is 5.26 Å². The summed E-state index contributed by atoms with van der Waals surface area (Å²) in [5, 5.41) is 14.0. The molecule has 0 aromatic heterocycles. The van der Waals surface area contributed by atoms with Crippen LogP contribution in [0.5, 0.6) is 0 Å². The number of ether oxygens (including phenoxy) is 1. The van der Waals surface area contributed by atoms with E-state index in [9.17, 15) is 4.79 Å². The minimum Gasteiger partial charge on any atom is -0.451 e. The van der Waals surface area contributed by atoms with E-state index in [1.807, 2.05) is 24.3 Å². The highest BCUT2D eigenvalue weighted by molar-refractivity contribution is 5.85. The van der Waals surface area contributed by atoms with Crippen molar-refractivity contribution in [3.63, 3.8) is 0 Å². The summed E-state index contributed by atoms with van der Waals surface area (Å²) < 4.78 is 4.56. The Morgan fingerprint density at radius 1 is 1.56 bits per heavy atom. The van der Waals surface area contributed by atoms with Crippen LogP contribution >= 0.6 is 0 Å². The number of hydrogen-bond donors (Lipinski definition) is 0. The number of carbonyl (C=O) groups excluding carboxylic acids is 1. The molecule has 1 heterocycles. The standard InChI is InChI=1S/C11H9N3O2/c1-16-11(15)14-10(6-12)9-5-3-2-4-8(9)7-13-14/h2-5,7,10H,1H3/t10-/m1/s1. The molecule has 0 unspecified atom stereocenters. The van der Waals surface area contributed by atoms with Gasteiger partial charge in [-0.1, -0.05) is 24.3 Å². The van der Waals surface area contributed by atoms with Gasteiger partial charge in [-0.15, -0.1) is 0 Å². The average Bonchev–Trinajstić information content (AvgIpc) is 2.36. The fraction of sp³-hybridized carbons (Fsp3) is 0.182. The Labute approximate surface area is 92.5 Å². The fourth-order valence-electron chi connectivity index (χ4n) is 1.57. The van der Waals surface area contributed by atoms with Crippen molar-refractivity contribution in [3.8, 4) is 6.07 Å². The summed E-state index contributed by atoms with van der Waals surface area (Å²) in [6.07, 6.45) is 0.900. The smallest absolute Gasteiger partial charge is 0.431 e. The molecule has 1 aromatic carbocycles. The Morgan fingerprint density at radius 3 is 3.00 bits per heavy atom. The zero-order valence-electron chi connectivity index (χ0n) is 8.62. The van der Waals surface area contributed by atoms with E-state index in [2.05, 4.69) is 9.84 Å². The molecule has 1 aromatic rings. The second kappa shape index (κ2) is 4.03. The van der Waals surface area contributed by atoms with Crippen LogP contribution in [0.4, 0.5) is 4.79 Å². The van der Waals surface area contributed by atoms with Gasteiger partial charge in [0.2, 0.25) is 0 Å². The zero-order valence-corrected chi connectivity index (χ0v) is 8.62. The van der Waals surface area contributed by atoms with Crippen LogP contribution in [-0.2, 0) is 4.74 Å². The first-order valence-corrected chi connectivity index (χ1v) is 4.67. The predicted molar refractivity (Wildman–Crippen MR) is 56.6 cm³/mol. The van der Waals surface area contributed by atoms with Crippen LogP contribution in [0.1, 0.15) is 17.2 Å². The third-order valence-corrected chi connectivity index (χ3v) is 2.34.